The summed E-state index contributed by atoms with van der Waals surface area (Å²) in [6.45, 7) is 1.75. The molecule has 3 aliphatic carbocycles. The molecule has 4 rings (SSSR count). The molecular weight excluding hydrogens is 324 g/mol. The van der Waals surface area contributed by atoms with Crippen LogP contribution in [-0.2, 0) is 9.59 Å². The molecule has 7 nitrogen and oxygen atoms in total. The molecule has 0 saturated heterocycles. The molecule has 130 valence electrons. The number of carboxylic acids is 1. The maximum Gasteiger partial charge on any atom is 0.307 e. The highest BCUT2D eigenvalue weighted by atomic mass is 16.6. The molecule has 2 fully saturated rings. The zero-order valence-electron chi connectivity index (χ0n) is 13.6. The van der Waals surface area contributed by atoms with Crippen LogP contribution in [0.4, 0.5) is 11.4 Å². The predicted octanol–water partition coefficient (Wildman–Crippen LogP) is 2.75. The zero-order valence-corrected chi connectivity index (χ0v) is 13.6. The molecule has 1 aromatic carbocycles. The third-order valence-corrected chi connectivity index (χ3v) is 6.12. The van der Waals surface area contributed by atoms with E-state index in [4.69, 9.17) is 0 Å². The molecule has 4 atom stereocenters. The van der Waals surface area contributed by atoms with E-state index in [1.807, 2.05) is 12.2 Å². The van der Waals surface area contributed by atoms with Gasteiger partial charge >= 0.3 is 5.97 Å². The topological polar surface area (TPSA) is 110 Å². The summed E-state index contributed by atoms with van der Waals surface area (Å²) < 4.78 is 0. The number of hydrogen-bond acceptors (Lipinski definition) is 4. The monoisotopic (exact) mass is 342 g/mol. The number of carbonyl (C=O) groups is 2. The Kier molecular flexibility index (Phi) is 3.25. The molecule has 2 saturated carbocycles. The Balaban J connectivity index is 1.63. The fourth-order valence-electron chi connectivity index (χ4n) is 4.76. The molecule has 0 aliphatic heterocycles. The van der Waals surface area contributed by atoms with Crippen molar-refractivity contribution in [2.24, 2.45) is 29.1 Å². The lowest BCUT2D eigenvalue weighted by Gasteiger charge is -2.24. The van der Waals surface area contributed by atoms with Gasteiger partial charge in [0.15, 0.2) is 0 Å². The van der Waals surface area contributed by atoms with Crippen molar-refractivity contribution in [3.05, 3.63) is 46.0 Å². The predicted molar refractivity (Wildman–Crippen MR) is 88.9 cm³/mol. The standard InChI is InChI=1S/C18H18N2O5/c1-9-2-3-10(20(24)25)8-13(9)19-16(21)14-11-4-5-12(15(14)17(22)23)18(11)6-7-18/h2-5,8,11-12,14-15H,6-7H2,1H3,(H,19,21)(H,22,23)/t11-,12-,14+,15+/m1/s1. The van der Waals surface area contributed by atoms with Crippen molar-refractivity contribution in [3.63, 3.8) is 0 Å². The van der Waals surface area contributed by atoms with Gasteiger partial charge in [-0.2, -0.15) is 0 Å². The molecule has 1 amide bonds. The minimum absolute atomic E-state index is 0.0528. The first kappa shape index (κ1) is 15.8. The lowest BCUT2D eigenvalue weighted by atomic mass is 9.82. The molecule has 0 unspecified atom stereocenters. The van der Waals surface area contributed by atoms with Crippen LogP contribution in [0.15, 0.2) is 30.4 Å². The van der Waals surface area contributed by atoms with E-state index < -0.39 is 22.7 Å². The highest BCUT2D eigenvalue weighted by Gasteiger charge is 2.70. The number of nitrogens with zero attached hydrogens (tertiary/aromatic N) is 1. The number of nitro benzene ring substituents is 1. The van der Waals surface area contributed by atoms with Gasteiger partial charge in [-0.25, -0.2) is 0 Å². The fourth-order valence-corrected chi connectivity index (χ4v) is 4.76. The number of hydrogen-bond donors (Lipinski definition) is 2. The largest absolute Gasteiger partial charge is 0.481 e. The van der Waals surface area contributed by atoms with Gasteiger partial charge < -0.3 is 10.4 Å². The summed E-state index contributed by atoms with van der Waals surface area (Å²) in [4.78, 5) is 35.1. The van der Waals surface area contributed by atoms with E-state index in [0.29, 0.717) is 11.3 Å². The minimum atomic E-state index is -0.945. The van der Waals surface area contributed by atoms with E-state index in [-0.39, 0.29) is 28.8 Å². The summed E-state index contributed by atoms with van der Waals surface area (Å²) in [6.07, 6.45) is 5.86. The van der Waals surface area contributed by atoms with Crippen LogP contribution in [0.2, 0.25) is 0 Å². The Morgan fingerprint density at radius 2 is 1.88 bits per heavy atom. The lowest BCUT2D eigenvalue weighted by molar-refractivity contribution is -0.384. The summed E-state index contributed by atoms with van der Waals surface area (Å²) in [5, 5.41) is 23.3. The Labute approximate surface area is 143 Å². The second kappa shape index (κ2) is 5.15. The van der Waals surface area contributed by atoms with Gasteiger partial charge in [-0.1, -0.05) is 18.2 Å². The van der Waals surface area contributed by atoms with Crippen LogP contribution in [0.25, 0.3) is 0 Å². The number of aryl methyl sites for hydroxylation is 1. The van der Waals surface area contributed by atoms with Gasteiger partial charge in [-0.05, 0) is 42.6 Å². The van der Waals surface area contributed by atoms with Crippen molar-refractivity contribution < 1.29 is 19.6 Å². The Bertz CT molecular complexity index is 827. The molecule has 0 aromatic heterocycles. The van der Waals surface area contributed by atoms with Crippen molar-refractivity contribution in [2.75, 3.05) is 5.32 Å². The number of rotatable bonds is 4. The van der Waals surface area contributed by atoms with E-state index >= 15 is 0 Å². The average molecular weight is 342 g/mol. The maximum absolute atomic E-state index is 12.9. The van der Waals surface area contributed by atoms with Crippen LogP contribution in [0.3, 0.4) is 0 Å². The Hall–Kier alpha value is -2.70. The second-order valence-corrected chi connectivity index (χ2v) is 7.31. The molecule has 1 aromatic rings. The first-order valence-electron chi connectivity index (χ1n) is 8.32. The van der Waals surface area contributed by atoms with E-state index in [9.17, 15) is 24.8 Å². The molecular formula is C18H18N2O5. The van der Waals surface area contributed by atoms with Gasteiger partial charge in [0.05, 0.1) is 22.4 Å². The highest BCUT2D eigenvalue weighted by molar-refractivity contribution is 5.97. The molecule has 0 heterocycles. The van der Waals surface area contributed by atoms with Crippen molar-refractivity contribution in [1.29, 1.82) is 0 Å². The summed E-state index contributed by atoms with van der Waals surface area (Å²) in [5.41, 5.74) is 0.899. The quantitative estimate of drug-likeness (QED) is 0.497. The molecule has 0 radical (unpaired) electrons. The molecule has 2 N–H and O–H groups in total. The van der Waals surface area contributed by atoms with E-state index in [0.717, 1.165) is 12.8 Å². The summed E-state index contributed by atoms with van der Waals surface area (Å²) >= 11 is 0. The number of carbonyl (C=O) groups excluding carboxylic acids is 1. The number of nitrogens with one attached hydrogen (secondary N) is 1. The molecule has 1 spiro atoms. The Morgan fingerprint density at radius 3 is 2.44 bits per heavy atom. The van der Waals surface area contributed by atoms with Crippen LogP contribution >= 0.6 is 0 Å². The molecule has 2 bridgehead atoms. The lowest BCUT2D eigenvalue weighted by Crippen LogP contribution is -2.36. The van der Waals surface area contributed by atoms with Crippen molar-refractivity contribution in [1.82, 2.24) is 0 Å². The third kappa shape index (κ3) is 2.18. The van der Waals surface area contributed by atoms with E-state index in [1.54, 1.807) is 13.0 Å². The maximum atomic E-state index is 12.9. The third-order valence-electron chi connectivity index (χ3n) is 6.12. The number of amides is 1. The summed E-state index contributed by atoms with van der Waals surface area (Å²) in [7, 11) is 0. The smallest absolute Gasteiger partial charge is 0.307 e. The summed E-state index contributed by atoms with van der Waals surface area (Å²) in [5.74, 6) is -2.81. The van der Waals surface area contributed by atoms with Crippen molar-refractivity contribution in [3.8, 4) is 0 Å². The first-order valence-corrected chi connectivity index (χ1v) is 8.32. The van der Waals surface area contributed by atoms with E-state index in [2.05, 4.69) is 5.32 Å². The van der Waals surface area contributed by atoms with Crippen molar-refractivity contribution >= 4 is 23.3 Å². The van der Waals surface area contributed by atoms with Crippen LogP contribution < -0.4 is 5.32 Å². The molecule has 25 heavy (non-hydrogen) atoms. The second-order valence-electron chi connectivity index (χ2n) is 7.31. The number of allylic oxidation sites excluding steroid dienone is 2. The fraction of sp³-hybridized carbons (Fsp3) is 0.444. The number of benzene rings is 1. The highest BCUT2D eigenvalue weighted by Crippen LogP contribution is 2.72. The van der Waals surface area contributed by atoms with Crippen molar-refractivity contribution in [2.45, 2.75) is 19.8 Å². The van der Waals surface area contributed by atoms with Gasteiger partial charge in [-0.3, -0.25) is 19.7 Å². The number of aliphatic carboxylic acids is 1. The number of nitro groups is 1. The zero-order chi connectivity index (χ0) is 17.9. The van der Waals surface area contributed by atoms with E-state index in [1.165, 1.54) is 12.1 Å². The number of non-ortho nitro benzene ring substituents is 1. The molecule has 3 aliphatic rings. The van der Waals surface area contributed by atoms with Crippen LogP contribution in [-0.4, -0.2) is 21.9 Å². The van der Waals surface area contributed by atoms with Crippen LogP contribution in [0.5, 0.6) is 0 Å². The van der Waals surface area contributed by atoms with Gasteiger partial charge in [0.1, 0.15) is 0 Å². The molecule has 7 heteroatoms. The number of carboxylic acid groups (broad SMARTS) is 1. The number of anilines is 1. The van der Waals surface area contributed by atoms with Gasteiger partial charge in [0, 0.05) is 12.1 Å². The summed E-state index contributed by atoms with van der Waals surface area (Å²) in [6, 6.07) is 4.27. The Morgan fingerprint density at radius 1 is 1.24 bits per heavy atom. The van der Waals surface area contributed by atoms with Gasteiger partial charge in [-0.15, -0.1) is 0 Å². The minimum Gasteiger partial charge on any atom is -0.481 e. The van der Waals surface area contributed by atoms with Gasteiger partial charge in [0.2, 0.25) is 5.91 Å². The average Bonchev–Trinajstić information content (AvgIpc) is 3.22. The normalized spacial score (nSPS) is 30.4. The van der Waals surface area contributed by atoms with Crippen LogP contribution in [0, 0.1) is 46.1 Å². The SMILES string of the molecule is Cc1ccc([N+](=O)[O-])cc1NC(=O)[C@@H]1[C@@H](C(=O)O)[C@H]2C=C[C@H]1C21CC1. The van der Waals surface area contributed by atoms with Crippen LogP contribution in [0.1, 0.15) is 18.4 Å². The first-order chi connectivity index (χ1) is 11.8. The van der Waals surface area contributed by atoms with Gasteiger partial charge in [0.25, 0.3) is 5.69 Å².